The van der Waals surface area contributed by atoms with E-state index in [0.717, 1.165) is 12.1 Å². The van der Waals surface area contributed by atoms with Gasteiger partial charge in [0, 0.05) is 23.9 Å². The van der Waals surface area contributed by atoms with Gasteiger partial charge in [-0.25, -0.2) is 14.8 Å². The number of carbonyl (C=O) groups excluding carboxylic acids is 1. The summed E-state index contributed by atoms with van der Waals surface area (Å²) in [5, 5.41) is -0.0852. The van der Waals surface area contributed by atoms with E-state index in [2.05, 4.69) is 15.0 Å². The molecule has 0 amide bonds. The zero-order valence-corrected chi connectivity index (χ0v) is 13.9. The number of methoxy groups -OCH3 is 1. The highest BCUT2D eigenvalue weighted by Gasteiger charge is 2.40. The lowest BCUT2D eigenvalue weighted by atomic mass is 10.1. The molecule has 2 aromatic rings. The molecule has 3 heterocycles. The highest BCUT2D eigenvalue weighted by molar-refractivity contribution is 6.28. The number of ether oxygens (including phenoxy) is 1. The first kappa shape index (κ1) is 17.4. The van der Waals surface area contributed by atoms with Gasteiger partial charge in [0.1, 0.15) is 17.7 Å². The van der Waals surface area contributed by atoms with E-state index in [9.17, 15) is 18.0 Å². The number of anilines is 2. The Bertz CT molecular complexity index is 844. The number of halogens is 4. The average molecular weight is 373 g/mol. The first-order valence-corrected chi connectivity index (χ1v) is 7.53. The molecule has 0 saturated heterocycles. The first-order chi connectivity index (χ1) is 11.7. The molecule has 0 spiro atoms. The molecule has 132 valence electrons. The van der Waals surface area contributed by atoms with Gasteiger partial charge in [0.15, 0.2) is 0 Å². The van der Waals surface area contributed by atoms with Gasteiger partial charge >= 0.3 is 12.1 Å². The summed E-state index contributed by atoms with van der Waals surface area (Å²) in [6.07, 6.45) is -2.94. The highest BCUT2D eigenvalue weighted by Crippen LogP contribution is 2.39. The van der Waals surface area contributed by atoms with E-state index >= 15 is 0 Å². The summed E-state index contributed by atoms with van der Waals surface area (Å²) in [5.74, 6) is -0.441. The fourth-order valence-corrected chi connectivity index (χ4v) is 2.84. The second kappa shape index (κ2) is 6.14. The van der Waals surface area contributed by atoms with Crippen molar-refractivity contribution in [3.05, 3.63) is 40.4 Å². The molecule has 6 nitrogen and oxygen atoms in total. The second-order valence-electron chi connectivity index (χ2n) is 5.45. The van der Waals surface area contributed by atoms with Gasteiger partial charge in [-0.2, -0.15) is 18.2 Å². The fraction of sp³-hybridized carbons (Fsp3) is 0.333. The van der Waals surface area contributed by atoms with Crippen LogP contribution in [0.4, 0.5) is 24.8 Å². The molecule has 1 aliphatic heterocycles. The minimum absolute atomic E-state index is 0.0590. The molecule has 3 rings (SSSR count). The van der Waals surface area contributed by atoms with Crippen LogP contribution >= 0.6 is 11.6 Å². The number of rotatable bonds is 2. The Morgan fingerprint density at radius 2 is 2.08 bits per heavy atom. The van der Waals surface area contributed by atoms with E-state index in [0.29, 0.717) is 5.56 Å². The van der Waals surface area contributed by atoms with Crippen LogP contribution in [-0.4, -0.2) is 34.1 Å². The van der Waals surface area contributed by atoms with Gasteiger partial charge in [0.25, 0.3) is 0 Å². The van der Waals surface area contributed by atoms with Gasteiger partial charge in [0.05, 0.1) is 12.7 Å². The molecule has 0 aliphatic carbocycles. The highest BCUT2D eigenvalue weighted by atomic mass is 35.5. The van der Waals surface area contributed by atoms with Gasteiger partial charge < -0.3 is 4.74 Å². The predicted molar refractivity (Wildman–Crippen MR) is 82.7 cm³/mol. The summed E-state index contributed by atoms with van der Waals surface area (Å²) in [4.78, 5) is 25.5. The molecule has 1 unspecified atom stereocenters. The van der Waals surface area contributed by atoms with Crippen LogP contribution in [0.1, 0.15) is 16.8 Å². The van der Waals surface area contributed by atoms with Gasteiger partial charge in [-0.3, -0.25) is 4.90 Å². The summed E-state index contributed by atoms with van der Waals surface area (Å²) in [6.45, 7) is 1.44. The molecule has 10 heteroatoms. The number of alkyl halides is 3. The number of hydrogen-bond donors (Lipinski definition) is 0. The van der Waals surface area contributed by atoms with E-state index in [1.807, 2.05) is 0 Å². The number of fused-ring (bicyclic) bond motifs is 1. The van der Waals surface area contributed by atoms with E-state index < -0.39 is 23.8 Å². The third kappa shape index (κ3) is 3.23. The van der Waals surface area contributed by atoms with Crippen molar-refractivity contribution in [2.24, 2.45) is 0 Å². The number of esters is 1. The molecule has 2 aromatic heterocycles. The van der Waals surface area contributed by atoms with Crippen molar-refractivity contribution in [1.82, 2.24) is 15.0 Å². The van der Waals surface area contributed by atoms with Crippen molar-refractivity contribution in [3.63, 3.8) is 0 Å². The molecule has 0 aromatic carbocycles. The molecule has 25 heavy (non-hydrogen) atoms. The lowest BCUT2D eigenvalue weighted by Gasteiger charge is -2.25. The van der Waals surface area contributed by atoms with Crippen molar-refractivity contribution in [3.8, 4) is 0 Å². The molecule has 0 N–H and O–H groups in total. The number of aryl methyl sites for hydroxylation is 1. The Kier molecular flexibility index (Phi) is 4.28. The smallest absolute Gasteiger partial charge is 0.416 e. The Hall–Kier alpha value is -2.42. The number of nitrogens with zero attached hydrogens (tertiary/aromatic N) is 4. The van der Waals surface area contributed by atoms with Crippen LogP contribution in [0.2, 0.25) is 5.28 Å². The van der Waals surface area contributed by atoms with E-state index in [1.165, 1.54) is 25.1 Å². The standard InChI is InChI=1S/C15H12ClF3N4O2/c1-7-3-9(15(17,18)19)5-11(21-7)23-10(13(24)25-2)4-8-6-20-14(16)22-12(8)23/h3,5-6,10H,4H2,1-2H3. The van der Waals surface area contributed by atoms with Crippen LogP contribution in [-0.2, 0) is 22.1 Å². The van der Waals surface area contributed by atoms with E-state index in [-0.39, 0.29) is 29.0 Å². The summed E-state index contributed by atoms with van der Waals surface area (Å²) in [6, 6.07) is 0.900. The number of pyridine rings is 1. The van der Waals surface area contributed by atoms with Crippen molar-refractivity contribution in [2.45, 2.75) is 25.6 Å². The van der Waals surface area contributed by atoms with Crippen LogP contribution in [0.3, 0.4) is 0 Å². The third-order valence-electron chi connectivity index (χ3n) is 3.75. The molecule has 0 fully saturated rings. The van der Waals surface area contributed by atoms with E-state index in [1.54, 1.807) is 0 Å². The molecular weight excluding hydrogens is 361 g/mol. The Balaban J connectivity index is 2.17. The Morgan fingerprint density at radius 1 is 1.36 bits per heavy atom. The Morgan fingerprint density at radius 3 is 2.72 bits per heavy atom. The van der Waals surface area contributed by atoms with E-state index in [4.69, 9.17) is 16.3 Å². The third-order valence-corrected chi connectivity index (χ3v) is 3.93. The Labute approximate surface area is 145 Å². The molecule has 1 aliphatic rings. The van der Waals surface area contributed by atoms with Crippen LogP contribution in [0.5, 0.6) is 0 Å². The van der Waals surface area contributed by atoms with Crippen LogP contribution in [0.25, 0.3) is 0 Å². The van der Waals surface area contributed by atoms with Crippen molar-refractivity contribution >= 4 is 29.2 Å². The second-order valence-corrected chi connectivity index (χ2v) is 5.79. The summed E-state index contributed by atoms with van der Waals surface area (Å²) in [7, 11) is 1.20. The normalized spacial score (nSPS) is 16.7. The maximum atomic E-state index is 13.1. The summed E-state index contributed by atoms with van der Waals surface area (Å²) >= 11 is 5.81. The molecular formula is C15H12ClF3N4O2. The first-order valence-electron chi connectivity index (χ1n) is 7.15. The summed E-state index contributed by atoms with van der Waals surface area (Å²) in [5.41, 5.74) is -0.147. The van der Waals surface area contributed by atoms with Crippen molar-refractivity contribution in [1.29, 1.82) is 0 Å². The zero-order chi connectivity index (χ0) is 18.4. The van der Waals surface area contributed by atoms with Crippen LogP contribution in [0.15, 0.2) is 18.3 Å². The predicted octanol–water partition coefficient (Wildman–Crippen LogP) is 3.09. The maximum absolute atomic E-state index is 13.1. The van der Waals surface area contributed by atoms with Crippen molar-refractivity contribution < 1.29 is 22.7 Å². The zero-order valence-electron chi connectivity index (χ0n) is 13.1. The van der Waals surface area contributed by atoms with Gasteiger partial charge in [-0.15, -0.1) is 0 Å². The van der Waals surface area contributed by atoms with Gasteiger partial charge in [0.2, 0.25) is 5.28 Å². The molecule has 0 radical (unpaired) electrons. The minimum atomic E-state index is -4.55. The van der Waals surface area contributed by atoms with Crippen LogP contribution in [0, 0.1) is 6.92 Å². The van der Waals surface area contributed by atoms with Gasteiger partial charge in [-0.05, 0) is 30.7 Å². The number of aromatic nitrogens is 3. The molecule has 0 saturated carbocycles. The fourth-order valence-electron chi connectivity index (χ4n) is 2.71. The maximum Gasteiger partial charge on any atom is 0.416 e. The molecule has 1 atom stereocenters. The minimum Gasteiger partial charge on any atom is -0.467 e. The number of hydrogen-bond acceptors (Lipinski definition) is 6. The van der Waals surface area contributed by atoms with Crippen LogP contribution < -0.4 is 4.90 Å². The largest absolute Gasteiger partial charge is 0.467 e. The average Bonchev–Trinajstić information content (AvgIpc) is 2.91. The molecule has 0 bridgehead atoms. The monoisotopic (exact) mass is 372 g/mol. The number of carbonyl (C=O) groups is 1. The van der Waals surface area contributed by atoms with Gasteiger partial charge in [-0.1, -0.05) is 0 Å². The van der Waals surface area contributed by atoms with Crippen molar-refractivity contribution in [2.75, 3.05) is 12.0 Å². The quantitative estimate of drug-likeness (QED) is 0.596. The lowest BCUT2D eigenvalue weighted by molar-refractivity contribution is -0.141. The lowest BCUT2D eigenvalue weighted by Crippen LogP contribution is -2.37. The summed E-state index contributed by atoms with van der Waals surface area (Å²) < 4.78 is 44.2. The topological polar surface area (TPSA) is 68.2 Å². The SMILES string of the molecule is COC(=O)C1Cc2cnc(Cl)nc2N1c1cc(C(F)(F)F)cc(C)n1.